The number of ketones is 2. The molecule has 290 valence electrons. The summed E-state index contributed by atoms with van der Waals surface area (Å²) in [6.07, 6.45) is -5.93. The van der Waals surface area contributed by atoms with Gasteiger partial charge in [-0.3, -0.25) is 14.4 Å². The van der Waals surface area contributed by atoms with E-state index in [4.69, 9.17) is 29.2 Å². The zero-order valence-electron chi connectivity index (χ0n) is 32.0. The summed E-state index contributed by atoms with van der Waals surface area (Å²) in [5.41, 5.74) is 5.88. The highest BCUT2D eigenvalue weighted by Crippen LogP contribution is 2.43. The van der Waals surface area contributed by atoms with E-state index in [-0.39, 0.29) is 31.7 Å². The van der Waals surface area contributed by atoms with Crippen molar-refractivity contribution in [1.82, 2.24) is 9.80 Å². The van der Waals surface area contributed by atoms with E-state index in [2.05, 4.69) is 10.0 Å². The van der Waals surface area contributed by atoms with Crippen LogP contribution in [0, 0.1) is 23.7 Å². The smallest absolute Gasteiger partial charge is 0.410 e. The Morgan fingerprint density at radius 1 is 1.02 bits per heavy atom. The molecule has 3 saturated heterocycles. The third kappa shape index (κ3) is 8.69. The first-order valence-electron chi connectivity index (χ1n) is 18.0. The third-order valence-corrected chi connectivity index (χ3v) is 11.3. The van der Waals surface area contributed by atoms with Gasteiger partial charge in [0.2, 0.25) is 0 Å². The van der Waals surface area contributed by atoms with Crippen molar-refractivity contribution in [2.75, 3.05) is 34.3 Å². The van der Waals surface area contributed by atoms with Crippen LogP contribution in [-0.2, 0) is 38.1 Å². The van der Waals surface area contributed by atoms with Crippen molar-refractivity contribution in [2.45, 2.75) is 141 Å². The number of methoxy groups -OCH3 is 1. The molecule has 16 nitrogen and oxygen atoms in total. The maximum atomic E-state index is 14.5. The van der Waals surface area contributed by atoms with Crippen molar-refractivity contribution in [3.05, 3.63) is 10.4 Å². The highest BCUT2D eigenvalue weighted by atomic mass is 16.7. The molecule has 51 heavy (non-hydrogen) atoms. The molecule has 0 aromatic heterocycles. The molecule has 1 amide bonds. The number of fused-ring (bicyclic) bond motifs is 1. The standard InChI is InChI=1S/C35H59N5O11/c1-12-23-35(8)29(40(33(46)51-35)16-14-13-15-37-38-36)19(3)25(41)18(2)17-34(7,47-11)30(20(4)26(42)21(5)31(45)49-23)50-32-28(44)24(39(9)10)27(43)22(6)48-32/h18-24,27-30,32,43-44H,12-17H2,1-11H3/t18-,19+,20+,21-,22?,23-,24?,27?,28?,29-,30-,32?,34+,35-/m1/s1. The molecular weight excluding hydrogens is 666 g/mol. The van der Waals surface area contributed by atoms with E-state index in [1.165, 1.54) is 18.9 Å². The number of likely N-dealkylation sites (N-methyl/N-ethyl adjacent to an activating group) is 1. The number of ether oxygens (including phenoxy) is 5. The maximum Gasteiger partial charge on any atom is 0.410 e. The van der Waals surface area contributed by atoms with Crippen molar-refractivity contribution in [3.63, 3.8) is 0 Å². The van der Waals surface area contributed by atoms with Gasteiger partial charge in [0, 0.05) is 42.9 Å². The number of azide groups is 1. The van der Waals surface area contributed by atoms with Crippen LogP contribution in [0.1, 0.15) is 81.1 Å². The second-order valence-electron chi connectivity index (χ2n) is 15.1. The molecule has 3 aliphatic heterocycles. The van der Waals surface area contributed by atoms with E-state index in [1.54, 1.807) is 67.5 Å². The fourth-order valence-corrected chi connectivity index (χ4v) is 8.30. The van der Waals surface area contributed by atoms with Gasteiger partial charge in [0.15, 0.2) is 17.7 Å². The Bertz CT molecular complexity index is 1310. The summed E-state index contributed by atoms with van der Waals surface area (Å²) in [5.74, 6) is -5.36. The van der Waals surface area contributed by atoms with Gasteiger partial charge in [-0.05, 0) is 73.0 Å². The quantitative estimate of drug-likeness (QED) is 0.0831. The van der Waals surface area contributed by atoms with Gasteiger partial charge in [-0.15, -0.1) is 0 Å². The van der Waals surface area contributed by atoms with Crippen LogP contribution in [0.3, 0.4) is 0 Å². The van der Waals surface area contributed by atoms with Crippen LogP contribution < -0.4 is 0 Å². The normalized spacial score (nSPS) is 41.4. The molecule has 2 N–H and O–H groups in total. The van der Waals surface area contributed by atoms with E-state index in [0.29, 0.717) is 12.8 Å². The molecule has 0 aromatic rings. The highest BCUT2D eigenvalue weighted by Gasteiger charge is 2.60. The summed E-state index contributed by atoms with van der Waals surface area (Å²) >= 11 is 0. The summed E-state index contributed by atoms with van der Waals surface area (Å²) in [6, 6.07) is -1.60. The summed E-state index contributed by atoms with van der Waals surface area (Å²) in [5, 5.41) is 25.7. The first-order valence-corrected chi connectivity index (χ1v) is 18.0. The number of esters is 1. The number of hydrogen-bond donors (Lipinski definition) is 2. The Kier molecular flexibility index (Phi) is 14.5. The predicted molar refractivity (Wildman–Crippen MR) is 184 cm³/mol. The Hall–Kier alpha value is -2.85. The number of aliphatic hydroxyl groups is 2. The lowest BCUT2D eigenvalue weighted by Crippen LogP contribution is -2.64. The molecule has 3 heterocycles. The number of hydrogen-bond acceptors (Lipinski definition) is 13. The van der Waals surface area contributed by atoms with Crippen LogP contribution >= 0.6 is 0 Å². The van der Waals surface area contributed by atoms with Crippen molar-refractivity contribution in [1.29, 1.82) is 0 Å². The van der Waals surface area contributed by atoms with Crippen LogP contribution in [0.15, 0.2) is 5.11 Å². The Morgan fingerprint density at radius 3 is 2.24 bits per heavy atom. The number of Topliss-reactive ketones (excluding diaryl/α,β-unsaturated/α-hetero) is 2. The number of unbranched alkanes of at least 4 members (excludes halogenated alkanes) is 1. The monoisotopic (exact) mass is 725 g/mol. The molecular formula is C35H59N5O11. The van der Waals surface area contributed by atoms with Gasteiger partial charge >= 0.3 is 12.1 Å². The predicted octanol–water partition coefficient (Wildman–Crippen LogP) is 3.25. The average Bonchev–Trinajstić information content (AvgIpc) is 3.34. The van der Waals surface area contributed by atoms with Crippen LogP contribution in [0.5, 0.6) is 0 Å². The fraction of sp³-hybridized carbons (Fsp3) is 0.886. The molecule has 0 bridgehead atoms. The van der Waals surface area contributed by atoms with Crippen molar-refractivity contribution < 1.29 is 53.1 Å². The number of cyclic esters (lactones) is 1. The van der Waals surface area contributed by atoms with Gasteiger partial charge in [0.25, 0.3) is 0 Å². The lowest BCUT2D eigenvalue weighted by Gasteiger charge is -2.48. The zero-order valence-corrected chi connectivity index (χ0v) is 32.0. The first kappa shape index (κ1) is 42.6. The van der Waals surface area contributed by atoms with E-state index < -0.39 is 102 Å². The van der Waals surface area contributed by atoms with E-state index in [0.717, 1.165) is 0 Å². The summed E-state index contributed by atoms with van der Waals surface area (Å²) in [7, 11) is 4.86. The Labute approximate surface area is 301 Å². The van der Waals surface area contributed by atoms with E-state index in [1.807, 2.05) is 0 Å². The van der Waals surface area contributed by atoms with Gasteiger partial charge in [-0.2, -0.15) is 0 Å². The number of carbonyl (C=O) groups is 4. The molecule has 0 radical (unpaired) electrons. The number of aliphatic hydroxyl groups excluding tert-OH is 2. The van der Waals surface area contributed by atoms with Gasteiger partial charge in [-0.25, -0.2) is 4.79 Å². The van der Waals surface area contributed by atoms with Crippen LogP contribution in [0.4, 0.5) is 4.79 Å². The second kappa shape index (κ2) is 17.3. The maximum absolute atomic E-state index is 14.5. The van der Waals surface area contributed by atoms with Crippen LogP contribution in [0.2, 0.25) is 0 Å². The minimum Gasteiger partial charge on any atom is -0.458 e. The number of amides is 1. The van der Waals surface area contributed by atoms with E-state index >= 15 is 0 Å². The van der Waals surface area contributed by atoms with Gasteiger partial charge < -0.3 is 43.7 Å². The largest absolute Gasteiger partial charge is 0.458 e. The molecule has 3 fully saturated rings. The average molecular weight is 726 g/mol. The SMILES string of the molecule is CC[C@H]1OC(=O)[C@H](C)C(=O)[C@H](C)[C@@H](OC2OC(C)C(O)C(N(C)C)C2O)[C@@](C)(OC)C[C@@H](C)C(=O)[C@H](C)[C@H]2N(CCCCN=[N+]=[N-])C(=O)O[C@]12C. The lowest BCUT2D eigenvalue weighted by atomic mass is 9.73. The molecule has 16 heteroatoms. The summed E-state index contributed by atoms with van der Waals surface area (Å²) < 4.78 is 30.5. The van der Waals surface area contributed by atoms with Gasteiger partial charge in [0.1, 0.15) is 23.9 Å². The minimum absolute atomic E-state index is 0.0630. The third-order valence-electron chi connectivity index (χ3n) is 11.3. The minimum atomic E-state index is -1.44. The molecule has 3 rings (SSSR count). The van der Waals surface area contributed by atoms with Gasteiger partial charge in [0.05, 0.1) is 36.0 Å². The zero-order chi connectivity index (χ0) is 38.6. The highest BCUT2D eigenvalue weighted by molar-refractivity contribution is 6.00. The summed E-state index contributed by atoms with van der Waals surface area (Å²) in [4.78, 5) is 61.8. The molecule has 0 saturated carbocycles. The lowest BCUT2D eigenvalue weighted by molar-refractivity contribution is -0.313. The molecule has 14 atom stereocenters. The molecule has 3 aliphatic rings. The van der Waals surface area contributed by atoms with Gasteiger partial charge in [-0.1, -0.05) is 32.8 Å². The molecule has 5 unspecified atom stereocenters. The number of nitrogens with zero attached hydrogens (tertiary/aromatic N) is 5. The Morgan fingerprint density at radius 2 is 1.67 bits per heavy atom. The molecule has 0 aliphatic carbocycles. The summed E-state index contributed by atoms with van der Waals surface area (Å²) in [6.45, 7) is 13.7. The van der Waals surface area contributed by atoms with Crippen LogP contribution in [0.25, 0.3) is 10.4 Å². The van der Waals surface area contributed by atoms with Crippen molar-refractivity contribution in [3.8, 4) is 0 Å². The molecule has 0 spiro atoms. The fourth-order valence-electron chi connectivity index (χ4n) is 8.30. The Balaban J connectivity index is 2.11. The molecule has 0 aromatic carbocycles. The van der Waals surface area contributed by atoms with Crippen molar-refractivity contribution >= 4 is 23.6 Å². The second-order valence-corrected chi connectivity index (χ2v) is 15.1. The van der Waals surface area contributed by atoms with Crippen LogP contribution in [-0.4, -0.2) is 138 Å². The van der Waals surface area contributed by atoms with E-state index in [9.17, 15) is 29.4 Å². The van der Waals surface area contributed by atoms with Crippen molar-refractivity contribution in [2.24, 2.45) is 28.8 Å². The number of carbonyl (C=O) groups excluding carboxylic acids is 4. The first-order chi connectivity index (χ1) is 23.8. The number of rotatable bonds is 10. The topological polar surface area (TPSA) is 210 Å².